The molecular weight excluding hydrogens is 248 g/mol. The van der Waals surface area contributed by atoms with Gasteiger partial charge in [0.15, 0.2) is 0 Å². The first-order valence-electron chi connectivity index (χ1n) is 6.83. The fourth-order valence-electron chi connectivity index (χ4n) is 2.71. The summed E-state index contributed by atoms with van der Waals surface area (Å²) in [5, 5.41) is 3.99. The van der Waals surface area contributed by atoms with Crippen molar-refractivity contribution in [3.63, 3.8) is 0 Å². The van der Waals surface area contributed by atoms with Gasteiger partial charge in [0.25, 0.3) is 0 Å². The number of rotatable bonds is 0. The van der Waals surface area contributed by atoms with Crippen LogP contribution >= 0.6 is 0 Å². The smallest absolute Gasteiger partial charge is 0.0987 e. The molecule has 3 aromatic rings. The molecule has 98 valence electrons. The van der Waals surface area contributed by atoms with E-state index in [4.69, 9.17) is 9.98 Å². The molecule has 1 aliphatic rings. The summed E-state index contributed by atoms with van der Waals surface area (Å²) >= 11 is 0. The molecule has 3 heterocycles. The Kier molecular flexibility index (Phi) is 2.33. The minimum absolute atomic E-state index is 0.194. The van der Waals surface area contributed by atoms with Gasteiger partial charge in [-0.3, -0.25) is 20.0 Å². The van der Waals surface area contributed by atoms with Gasteiger partial charge in [0.1, 0.15) is 0 Å². The van der Waals surface area contributed by atoms with Crippen molar-refractivity contribution in [1.82, 2.24) is 9.97 Å². The first-order chi connectivity index (χ1) is 9.75. The zero-order valence-electron chi connectivity index (χ0n) is 11.4. The normalized spacial score (nSPS) is 21.3. The Morgan fingerprint density at radius 2 is 1.20 bits per heavy atom. The van der Waals surface area contributed by atoms with E-state index in [0.717, 1.165) is 32.5 Å². The van der Waals surface area contributed by atoms with E-state index >= 15 is 0 Å². The summed E-state index contributed by atoms with van der Waals surface area (Å²) in [7, 11) is 0. The van der Waals surface area contributed by atoms with Gasteiger partial charge in [0, 0.05) is 23.2 Å². The van der Waals surface area contributed by atoms with E-state index in [9.17, 15) is 0 Å². The van der Waals surface area contributed by atoms with Gasteiger partial charge in [-0.05, 0) is 38.1 Å². The summed E-state index contributed by atoms with van der Waals surface area (Å²) in [6.45, 7) is 4.21. The maximum absolute atomic E-state index is 4.84. The lowest BCUT2D eigenvalue weighted by Crippen LogP contribution is -2.38. The fraction of sp³-hybridized carbons (Fsp3) is 0.250. The summed E-state index contributed by atoms with van der Waals surface area (Å²) in [5.74, 6) is 0. The molecule has 0 bridgehead atoms. The Morgan fingerprint density at radius 3 is 1.65 bits per heavy atom. The lowest BCUT2D eigenvalue weighted by Gasteiger charge is -2.17. The number of hydrogen-bond acceptors (Lipinski definition) is 4. The van der Waals surface area contributed by atoms with Crippen molar-refractivity contribution >= 4 is 21.8 Å². The predicted octanol–water partition coefficient (Wildman–Crippen LogP) is 1.81. The highest BCUT2D eigenvalue weighted by molar-refractivity contribution is 6.02. The molecule has 0 N–H and O–H groups in total. The van der Waals surface area contributed by atoms with E-state index in [1.165, 1.54) is 0 Å². The third-order valence-electron chi connectivity index (χ3n) is 3.94. The molecule has 0 spiro atoms. The summed E-state index contributed by atoms with van der Waals surface area (Å²) in [4.78, 5) is 18.7. The summed E-state index contributed by atoms with van der Waals surface area (Å²) in [6, 6.07) is 8.37. The minimum atomic E-state index is 0.194. The van der Waals surface area contributed by atoms with Gasteiger partial charge < -0.3 is 0 Å². The van der Waals surface area contributed by atoms with Crippen molar-refractivity contribution in [2.75, 3.05) is 0 Å². The standard InChI is InChI=1S/C16H14N4/c1-9-10(2)20-16-12-6-4-8-18-14(12)13-11(15(16)19-9)5-3-7-17-13/h3-10H,1-2H3. The molecule has 4 heteroatoms. The van der Waals surface area contributed by atoms with Crippen LogP contribution in [0.2, 0.25) is 0 Å². The molecule has 4 rings (SSSR count). The summed E-state index contributed by atoms with van der Waals surface area (Å²) in [5.41, 5.74) is 1.81. The van der Waals surface area contributed by atoms with Gasteiger partial charge in [-0.2, -0.15) is 0 Å². The molecule has 1 aromatic carbocycles. The lowest BCUT2D eigenvalue weighted by molar-refractivity contribution is 0.567. The van der Waals surface area contributed by atoms with Gasteiger partial charge in [0.2, 0.25) is 0 Å². The first kappa shape index (κ1) is 11.5. The van der Waals surface area contributed by atoms with Crippen molar-refractivity contribution in [1.29, 1.82) is 0 Å². The quantitative estimate of drug-likeness (QED) is 0.580. The number of nitrogens with zero attached hydrogens (tertiary/aromatic N) is 4. The average Bonchev–Trinajstić information content (AvgIpc) is 2.49. The summed E-state index contributed by atoms with van der Waals surface area (Å²) < 4.78 is 0. The molecule has 0 radical (unpaired) electrons. The van der Waals surface area contributed by atoms with Crippen LogP contribution in [0, 0.1) is 0 Å². The van der Waals surface area contributed by atoms with Crippen LogP contribution in [0.1, 0.15) is 13.8 Å². The lowest BCUT2D eigenvalue weighted by atomic mass is 10.1. The Balaban J connectivity index is 2.38. The number of aromatic nitrogens is 2. The van der Waals surface area contributed by atoms with Crippen LogP contribution in [0.4, 0.5) is 0 Å². The molecule has 20 heavy (non-hydrogen) atoms. The third-order valence-corrected chi connectivity index (χ3v) is 3.94. The van der Waals surface area contributed by atoms with Gasteiger partial charge in [-0.1, -0.05) is 0 Å². The van der Waals surface area contributed by atoms with Crippen molar-refractivity contribution in [2.24, 2.45) is 9.98 Å². The van der Waals surface area contributed by atoms with Gasteiger partial charge in [0.05, 0.1) is 33.8 Å². The highest BCUT2D eigenvalue weighted by Gasteiger charge is 2.17. The predicted molar refractivity (Wildman–Crippen MR) is 78.3 cm³/mol. The SMILES string of the molecule is CC1N=c2c(c3cccnc3c3ncccc23)=NC1C. The zero-order chi connectivity index (χ0) is 13.7. The molecule has 0 saturated heterocycles. The van der Waals surface area contributed by atoms with Crippen molar-refractivity contribution in [3.8, 4) is 0 Å². The molecule has 2 unspecified atom stereocenters. The molecule has 1 aliphatic heterocycles. The Hall–Kier alpha value is -2.36. The van der Waals surface area contributed by atoms with Crippen LogP contribution in [0.5, 0.6) is 0 Å². The average molecular weight is 262 g/mol. The second-order valence-corrected chi connectivity index (χ2v) is 5.24. The number of hydrogen-bond donors (Lipinski definition) is 0. The molecule has 2 atom stereocenters. The third kappa shape index (κ3) is 1.48. The largest absolute Gasteiger partial charge is 0.277 e. The maximum Gasteiger partial charge on any atom is 0.0987 e. The van der Waals surface area contributed by atoms with Crippen molar-refractivity contribution in [2.45, 2.75) is 25.9 Å². The first-order valence-corrected chi connectivity index (χ1v) is 6.83. The van der Waals surface area contributed by atoms with E-state index in [-0.39, 0.29) is 12.1 Å². The van der Waals surface area contributed by atoms with Gasteiger partial charge >= 0.3 is 0 Å². The number of pyridine rings is 2. The van der Waals surface area contributed by atoms with Crippen molar-refractivity contribution in [3.05, 3.63) is 47.4 Å². The second-order valence-electron chi connectivity index (χ2n) is 5.24. The fourth-order valence-corrected chi connectivity index (χ4v) is 2.71. The van der Waals surface area contributed by atoms with E-state index in [0.29, 0.717) is 0 Å². The highest BCUT2D eigenvalue weighted by Crippen LogP contribution is 2.17. The monoisotopic (exact) mass is 262 g/mol. The van der Waals surface area contributed by atoms with Crippen LogP contribution in [0.25, 0.3) is 21.8 Å². The Bertz CT molecular complexity index is 867. The van der Waals surface area contributed by atoms with Gasteiger partial charge in [-0.25, -0.2) is 0 Å². The molecule has 0 fully saturated rings. The maximum atomic E-state index is 4.84. The van der Waals surface area contributed by atoms with Crippen LogP contribution in [-0.4, -0.2) is 22.1 Å². The minimum Gasteiger partial charge on any atom is -0.277 e. The molecule has 0 aliphatic carbocycles. The van der Waals surface area contributed by atoms with Crippen molar-refractivity contribution < 1.29 is 0 Å². The van der Waals surface area contributed by atoms with Gasteiger partial charge in [-0.15, -0.1) is 0 Å². The van der Waals surface area contributed by atoms with Crippen LogP contribution in [-0.2, 0) is 0 Å². The molecular formula is C16H14N4. The number of benzene rings is 1. The van der Waals surface area contributed by atoms with Crippen LogP contribution in [0.15, 0.2) is 46.6 Å². The Morgan fingerprint density at radius 1 is 0.750 bits per heavy atom. The second kappa shape index (κ2) is 4.07. The van der Waals surface area contributed by atoms with E-state index < -0.39 is 0 Å². The molecule has 0 saturated carbocycles. The topological polar surface area (TPSA) is 50.5 Å². The highest BCUT2D eigenvalue weighted by atomic mass is 14.9. The molecule has 0 amide bonds. The van der Waals surface area contributed by atoms with Crippen LogP contribution in [0.3, 0.4) is 0 Å². The molecule has 2 aromatic heterocycles. The zero-order valence-corrected chi connectivity index (χ0v) is 11.4. The Labute approximate surface area is 115 Å². The summed E-state index contributed by atoms with van der Waals surface area (Å²) in [6.07, 6.45) is 3.60. The molecule has 4 nitrogen and oxygen atoms in total. The van der Waals surface area contributed by atoms with E-state index in [2.05, 4.69) is 35.9 Å². The van der Waals surface area contributed by atoms with E-state index in [1.807, 2.05) is 12.1 Å². The van der Waals surface area contributed by atoms with Crippen LogP contribution < -0.4 is 10.7 Å². The number of fused-ring (bicyclic) bond motifs is 6. The van der Waals surface area contributed by atoms with E-state index in [1.54, 1.807) is 12.4 Å².